The molecule has 0 radical (unpaired) electrons. The molecular formula is C16H23Cl2N. The summed E-state index contributed by atoms with van der Waals surface area (Å²) in [5.41, 5.74) is 1.55. The lowest BCUT2D eigenvalue weighted by atomic mass is 9.78. The third kappa shape index (κ3) is 3.65. The molecular weight excluding hydrogens is 277 g/mol. The Hall–Kier alpha value is -0.240. The van der Waals surface area contributed by atoms with Gasteiger partial charge in [-0.05, 0) is 55.0 Å². The van der Waals surface area contributed by atoms with Gasteiger partial charge >= 0.3 is 0 Å². The van der Waals surface area contributed by atoms with Crippen LogP contribution in [0.15, 0.2) is 18.2 Å². The summed E-state index contributed by atoms with van der Waals surface area (Å²) in [6, 6.07) is 6.24. The maximum atomic E-state index is 6.31. The van der Waals surface area contributed by atoms with Crippen LogP contribution < -0.4 is 5.32 Å². The molecule has 1 fully saturated rings. The summed E-state index contributed by atoms with van der Waals surface area (Å²) in [4.78, 5) is 0. The summed E-state index contributed by atoms with van der Waals surface area (Å²) in [7, 11) is 0. The van der Waals surface area contributed by atoms with Gasteiger partial charge < -0.3 is 5.32 Å². The van der Waals surface area contributed by atoms with Gasteiger partial charge in [0, 0.05) is 16.1 Å². The van der Waals surface area contributed by atoms with Gasteiger partial charge in [-0.2, -0.15) is 0 Å². The van der Waals surface area contributed by atoms with Crippen LogP contribution in [0.3, 0.4) is 0 Å². The predicted molar refractivity (Wildman–Crippen MR) is 84.2 cm³/mol. The molecule has 1 saturated carbocycles. The molecule has 1 aliphatic carbocycles. The second kappa shape index (κ2) is 6.47. The van der Waals surface area contributed by atoms with E-state index in [2.05, 4.69) is 19.2 Å². The fourth-order valence-electron chi connectivity index (χ4n) is 3.26. The highest BCUT2D eigenvalue weighted by Crippen LogP contribution is 2.42. The monoisotopic (exact) mass is 299 g/mol. The zero-order valence-corrected chi connectivity index (χ0v) is 13.3. The number of benzene rings is 1. The van der Waals surface area contributed by atoms with Crippen molar-refractivity contribution in [1.82, 2.24) is 5.32 Å². The van der Waals surface area contributed by atoms with Crippen molar-refractivity contribution in [2.75, 3.05) is 6.54 Å². The van der Waals surface area contributed by atoms with Gasteiger partial charge in [-0.1, -0.05) is 49.9 Å². The van der Waals surface area contributed by atoms with Crippen molar-refractivity contribution in [2.45, 2.75) is 52.0 Å². The van der Waals surface area contributed by atoms with E-state index in [0.717, 1.165) is 28.6 Å². The highest BCUT2D eigenvalue weighted by Gasteiger charge is 2.36. The lowest BCUT2D eigenvalue weighted by Gasteiger charge is -2.35. The minimum absolute atomic E-state index is 0.391. The lowest BCUT2D eigenvalue weighted by Crippen LogP contribution is -2.43. The molecule has 0 saturated heterocycles. The van der Waals surface area contributed by atoms with E-state index in [4.69, 9.17) is 23.2 Å². The van der Waals surface area contributed by atoms with Gasteiger partial charge in [-0.25, -0.2) is 0 Å². The average molecular weight is 300 g/mol. The Morgan fingerprint density at radius 1 is 1.26 bits per heavy atom. The molecule has 0 amide bonds. The second-order valence-electron chi connectivity index (χ2n) is 5.91. The normalized spacial score (nSPS) is 19.6. The summed E-state index contributed by atoms with van der Waals surface area (Å²) >= 11 is 12.4. The van der Waals surface area contributed by atoms with Crippen molar-refractivity contribution in [3.05, 3.63) is 33.8 Å². The van der Waals surface area contributed by atoms with E-state index in [-0.39, 0.29) is 0 Å². The van der Waals surface area contributed by atoms with Gasteiger partial charge in [0.1, 0.15) is 0 Å². The maximum Gasteiger partial charge on any atom is 0.0439 e. The van der Waals surface area contributed by atoms with Crippen LogP contribution in [0.25, 0.3) is 0 Å². The molecule has 1 aromatic rings. The predicted octanol–water partition coefficient (Wildman–Crippen LogP) is 5.09. The van der Waals surface area contributed by atoms with E-state index in [1.165, 1.54) is 25.7 Å². The van der Waals surface area contributed by atoms with E-state index in [1.807, 2.05) is 18.2 Å². The summed E-state index contributed by atoms with van der Waals surface area (Å²) < 4.78 is 0. The lowest BCUT2D eigenvalue weighted by molar-refractivity contribution is 0.222. The van der Waals surface area contributed by atoms with Crippen molar-refractivity contribution in [3.8, 4) is 0 Å². The van der Waals surface area contributed by atoms with Crippen molar-refractivity contribution in [1.29, 1.82) is 0 Å². The molecule has 0 aromatic heterocycles. The zero-order valence-electron chi connectivity index (χ0n) is 11.8. The molecule has 1 aliphatic rings. The van der Waals surface area contributed by atoms with Crippen LogP contribution in [-0.2, 0) is 6.42 Å². The zero-order chi connectivity index (χ0) is 13.9. The van der Waals surface area contributed by atoms with Gasteiger partial charge in [0.25, 0.3) is 0 Å². The summed E-state index contributed by atoms with van der Waals surface area (Å²) in [6.07, 6.45) is 6.28. The van der Waals surface area contributed by atoms with Crippen molar-refractivity contribution in [3.63, 3.8) is 0 Å². The van der Waals surface area contributed by atoms with E-state index in [0.29, 0.717) is 11.5 Å². The molecule has 1 N–H and O–H groups in total. The maximum absolute atomic E-state index is 6.31. The van der Waals surface area contributed by atoms with E-state index >= 15 is 0 Å². The first kappa shape index (κ1) is 15.2. The molecule has 1 unspecified atom stereocenters. The van der Waals surface area contributed by atoms with Crippen molar-refractivity contribution >= 4 is 23.2 Å². The molecule has 0 spiro atoms. The molecule has 0 aliphatic heterocycles. The minimum Gasteiger partial charge on any atom is -0.313 e. The van der Waals surface area contributed by atoms with Crippen LogP contribution >= 0.6 is 23.2 Å². The standard InChI is InChI=1S/C16H23Cl2N/c1-3-19-15(16(2)8-4-5-9-16)11-12-10-13(17)6-7-14(12)18/h6-7,10,15,19H,3-5,8-9,11H2,1-2H3. The SMILES string of the molecule is CCNC(Cc1cc(Cl)ccc1Cl)C1(C)CCCC1. The van der Waals surface area contributed by atoms with Crippen LogP contribution in [0.1, 0.15) is 45.1 Å². The number of rotatable bonds is 5. The fourth-order valence-corrected chi connectivity index (χ4v) is 3.65. The Morgan fingerprint density at radius 2 is 1.95 bits per heavy atom. The number of likely N-dealkylation sites (N-methyl/N-ethyl adjacent to an activating group) is 1. The third-order valence-corrected chi connectivity index (χ3v) is 5.07. The first-order valence-electron chi connectivity index (χ1n) is 7.22. The highest BCUT2D eigenvalue weighted by atomic mass is 35.5. The van der Waals surface area contributed by atoms with E-state index in [9.17, 15) is 0 Å². The second-order valence-corrected chi connectivity index (χ2v) is 6.75. The molecule has 0 bridgehead atoms. The topological polar surface area (TPSA) is 12.0 Å². The Morgan fingerprint density at radius 3 is 2.58 bits per heavy atom. The molecule has 1 aromatic carbocycles. The van der Waals surface area contributed by atoms with Gasteiger partial charge in [-0.3, -0.25) is 0 Å². The highest BCUT2D eigenvalue weighted by molar-refractivity contribution is 6.33. The van der Waals surface area contributed by atoms with Gasteiger partial charge in [0.05, 0.1) is 0 Å². The van der Waals surface area contributed by atoms with Crippen LogP contribution in [0.5, 0.6) is 0 Å². The number of nitrogens with one attached hydrogen (secondary N) is 1. The molecule has 1 nitrogen and oxygen atoms in total. The minimum atomic E-state index is 0.391. The Labute approximate surface area is 126 Å². The van der Waals surface area contributed by atoms with Crippen LogP contribution in [-0.4, -0.2) is 12.6 Å². The first-order chi connectivity index (χ1) is 9.05. The van der Waals surface area contributed by atoms with Gasteiger partial charge in [0.15, 0.2) is 0 Å². The van der Waals surface area contributed by atoms with E-state index in [1.54, 1.807) is 0 Å². The van der Waals surface area contributed by atoms with Crippen molar-refractivity contribution in [2.24, 2.45) is 5.41 Å². The molecule has 3 heteroatoms. The summed E-state index contributed by atoms with van der Waals surface area (Å²) in [5, 5.41) is 5.26. The molecule has 106 valence electrons. The number of hydrogen-bond donors (Lipinski definition) is 1. The number of hydrogen-bond acceptors (Lipinski definition) is 1. The van der Waals surface area contributed by atoms with Crippen LogP contribution in [0.2, 0.25) is 10.0 Å². The smallest absolute Gasteiger partial charge is 0.0439 e. The largest absolute Gasteiger partial charge is 0.313 e. The Bertz CT molecular complexity index is 425. The van der Waals surface area contributed by atoms with Crippen LogP contribution in [0, 0.1) is 5.41 Å². The van der Waals surface area contributed by atoms with Gasteiger partial charge in [0.2, 0.25) is 0 Å². The molecule has 2 rings (SSSR count). The first-order valence-corrected chi connectivity index (χ1v) is 7.98. The Balaban J connectivity index is 2.18. The Kier molecular flexibility index (Phi) is 5.16. The summed E-state index contributed by atoms with van der Waals surface area (Å²) in [5.74, 6) is 0. The quantitative estimate of drug-likeness (QED) is 0.798. The fraction of sp³-hybridized carbons (Fsp3) is 0.625. The molecule has 1 atom stereocenters. The molecule has 0 heterocycles. The van der Waals surface area contributed by atoms with E-state index < -0.39 is 0 Å². The number of halogens is 2. The average Bonchev–Trinajstić information content (AvgIpc) is 2.81. The summed E-state index contributed by atoms with van der Waals surface area (Å²) in [6.45, 7) is 5.58. The van der Waals surface area contributed by atoms with Crippen LogP contribution in [0.4, 0.5) is 0 Å². The van der Waals surface area contributed by atoms with Crippen molar-refractivity contribution < 1.29 is 0 Å². The molecule has 19 heavy (non-hydrogen) atoms. The van der Waals surface area contributed by atoms with Gasteiger partial charge in [-0.15, -0.1) is 0 Å². The third-order valence-electron chi connectivity index (χ3n) is 4.47.